The molecule has 0 aliphatic heterocycles. The third-order valence-electron chi connectivity index (χ3n) is 1.92. The monoisotopic (exact) mass is 213 g/mol. The molecule has 0 aromatic carbocycles. The van der Waals surface area contributed by atoms with Gasteiger partial charge in [0.25, 0.3) is 0 Å². The first-order valence-electron chi connectivity index (χ1n) is 5.10. The summed E-state index contributed by atoms with van der Waals surface area (Å²) in [6.07, 6.45) is 2.96. The molecule has 1 amide bonds. The van der Waals surface area contributed by atoms with Crippen molar-refractivity contribution in [3.63, 3.8) is 0 Å². The van der Waals surface area contributed by atoms with Gasteiger partial charge in [-0.15, -0.1) is 6.58 Å². The molecule has 0 saturated carbocycles. The lowest BCUT2D eigenvalue weighted by Crippen LogP contribution is -2.41. The number of amides is 1. The van der Waals surface area contributed by atoms with Crippen LogP contribution >= 0.6 is 0 Å². The highest BCUT2D eigenvalue weighted by Crippen LogP contribution is 2.05. The number of carboxylic acid groups (broad SMARTS) is 1. The van der Waals surface area contributed by atoms with Gasteiger partial charge in [-0.3, -0.25) is 4.79 Å². The Bertz CT molecular complexity index is 236. The first-order valence-corrected chi connectivity index (χ1v) is 5.10. The van der Waals surface area contributed by atoms with Crippen molar-refractivity contribution in [3.8, 4) is 0 Å². The van der Waals surface area contributed by atoms with Gasteiger partial charge < -0.3 is 10.4 Å². The molecule has 0 radical (unpaired) electrons. The van der Waals surface area contributed by atoms with Crippen LogP contribution in [-0.2, 0) is 9.59 Å². The Morgan fingerprint density at radius 2 is 2.07 bits per heavy atom. The summed E-state index contributed by atoms with van der Waals surface area (Å²) in [6.45, 7) is 7.34. The molecular weight excluding hydrogens is 194 g/mol. The maximum absolute atomic E-state index is 11.3. The minimum atomic E-state index is -0.976. The summed E-state index contributed by atoms with van der Waals surface area (Å²) in [4.78, 5) is 22.1. The van der Waals surface area contributed by atoms with Crippen molar-refractivity contribution >= 4 is 11.9 Å². The molecule has 0 aliphatic rings. The van der Waals surface area contributed by atoms with Gasteiger partial charge in [-0.1, -0.05) is 19.9 Å². The zero-order valence-corrected chi connectivity index (χ0v) is 9.32. The summed E-state index contributed by atoms with van der Waals surface area (Å²) in [6, 6.07) is -0.776. The van der Waals surface area contributed by atoms with E-state index in [0.717, 1.165) is 0 Å². The van der Waals surface area contributed by atoms with Crippen LogP contribution in [0.2, 0.25) is 0 Å². The average Bonchev–Trinajstić information content (AvgIpc) is 2.12. The Morgan fingerprint density at radius 1 is 1.47 bits per heavy atom. The van der Waals surface area contributed by atoms with E-state index in [0.29, 0.717) is 19.3 Å². The number of carboxylic acids is 1. The van der Waals surface area contributed by atoms with Gasteiger partial charge in [0.15, 0.2) is 0 Å². The van der Waals surface area contributed by atoms with E-state index in [1.807, 2.05) is 13.8 Å². The van der Waals surface area contributed by atoms with Gasteiger partial charge >= 0.3 is 5.97 Å². The first kappa shape index (κ1) is 13.7. The van der Waals surface area contributed by atoms with Gasteiger partial charge in [0.1, 0.15) is 6.04 Å². The van der Waals surface area contributed by atoms with E-state index in [4.69, 9.17) is 5.11 Å². The van der Waals surface area contributed by atoms with E-state index in [-0.39, 0.29) is 11.8 Å². The van der Waals surface area contributed by atoms with Crippen LogP contribution < -0.4 is 5.32 Å². The van der Waals surface area contributed by atoms with Crippen LogP contribution in [0.5, 0.6) is 0 Å². The molecule has 1 atom stereocenters. The Balaban J connectivity index is 4.10. The van der Waals surface area contributed by atoms with Gasteiger partial charge in [0, 0.05) is 6.42 Å². The second-order valence-electron chi connectivity index (χ2n) is 3.92. The zero-order chi connectivity index (χ0) is 11.8. The summed E-state index contributed by atoms with van der Waals surface area (Å²) in [7, 11) is 0. The standard InChI is InChI=1S/C11H19NO3/c1-4-5-6-10(13)12-9(11(14)15)7-8(2)3/h4,8-9H,1,5-7H2,2-3H3,(H,12,13)(H,14,15). The molecule has 0 aliphatic carbocycles. The first-order chi connectivity index (χ1) is 6.97. The van der Waals surface area contributed by atoms with Gasteiger partial charge in [0.2, 0.25) is 5.91 Å². The van der Waals surface area contributed by atoms with Crippen LogP contribution in [0.3, 0.4) is 0 Å². The highest BCUT2D eigenvalue weighted by atomic mass is 16.4. The molecule has 2 N–H and O–H groups in total. The summed E-state index contributed by atoms with van der Waals surface area (Å²) in [5.41, 5.74) is 0. The van der Waals surface area contributed by atoms with E-state index < -0.39 is 12.0 Å². The van der Waals surface area contributed by atoms with Crippen LogP contribution in [-0.4, -0.2) is 23.0 Å². The van der Waals surface area contributed by atoms with Crippen LogP contribution in [0.1, 0.15) is 33.1 Å². The summed E-state index contributed by atoms with van der Waals surface area (Å²) in [5.74, 6) is -0.968. The second-order valence-corrected chi connectivity index (χ2v) is 3.92. The second kappa shape index (κ2) is 7.04. The molecule has 15 heavy (non-hydrogen) atoms. The summed E-state index contributed by atoms with van der Waals surface area (Å²) < 4.78 is 0. The average molecular weight is 213 g/mol. The highest BCUT2D eigenvalue weighted by Gasteiger charge is 2.20. The fourth-order valence-corrected chi connectivity index (χ4v) is 1.19. The van der Waals surface area contributed by atoms with Crippen LogP contribution in [0, 0.1) is 5.92 Å². The normalized spacial score (nSPS) is 12.2. The van der Waals surface area contributed by atoms with Crippen LogP contribution in [0.15, 0.2) is 12.7 Å². The maximum atomic E-state index is 11.3. The van der Waals surface area contributed by atoms with Crippen LogP contribution in [0.4, 0.5) is 0 Å². The number of hydrogen-bond donors (Lipinski definition) is 2. The molecule has 0 aromatic heterocycles. The molecule has 1 unspecified atom stereocenters. The third kappa shape index (κ3) is 6.71. The van der Waals surface area contributed by atoms with Crippen molar-refractivity contribution in [1.82, 2.24) is 5.32 Å². The van der Waals surface area contributed by atoms with Gasteiger partial charge in [-0.25, -0.2) is 4.79 Å². The number of allylic oxidation sites excluding steroid dienone is 1. The molecule has 86 valence electrons. The van der Waals surface area contributed by atoms with Crippen molar-refractivity contribution in [2.24, 2.45) is 5.92 Å². The number of carbonyl (C=O) groups is 2. The quantitative estimate of drug-likeness (QED) is 0.631. The van der Waals surface area contributed by atoms with Crippen LogP contribution in [0.25, 0.3) is 0 Å². The predicted octanol–water partition coefficient (Wildman–Crippen LogP) is 1.57. The maximum Gasteiger partial charge on any atom is 0.326 e. The number of carbonyl (C=O) groups excluding carboxylic acids is 1. The van der Waals surface area contributed by atoms with E-state index in [9.17, 15) is 9.59 Å². The van der Waals surface area contributed by atoms with Crippen molar-refractivity contribution < 1.29 is 14.7 Å². The summed E-state index contributed by atoms with van der Waals surface area (Å²) >= 11 is 0. The lowest BCUT2D eigenvalue weighted by atomic mass is 10.0. The smallest absolute Gasteiger partial charge is 0.326 e. The SMILES string of the molecule is C=CCCC(=O)NC(CC(C)C)C(=O)O. The lowest BCUT2D eigenvalue weighted by Gasteiger charge is -2.16. The Labute approximate surface area is 90.4 Å². The zero-order valence-electron chi connectivity index (χ0n) is 9.32. The molecule has 0 heterocycles. The number of aliphatic carboxylic acids is 1. The number of nitrogens with one attached hydrogen (secondary N) is 1. The molecule has 0 saturated heterocycles. The topological polar surface area (TPSA) is 66.4 Å². The highest BCUT2D eigenvalue weighted by molar-refractivity contribution is 5.83. The molecule has 4 nitrogen and oxygen atoms in total. The fourth-order valence-electron chi connectivity index (χ4n) is 1.19. The van der Waals surface area contributed by atoms with E-state index in [1.165, 1.54) is 0 Å². The van der Waals surface area contributed by atoms with E-state index in [1.54, 1.807) is 6.08 Å². The lowest BCUT2D eigenvalue weighted by molar-refractivity contribution is -0.142. The van der Waals surface area contributed by atoms with Crippen molar-refractivity contribution in [2.75, 3.05) is 0 Å². The molecule has 0 aromatic rings. The number of hydrogen-bond acceptors (Lipinski definition) is 2. The van der Waals surface area contributed by atoms with Crippen molar-refractivity contribution in [3.05, 3.63) is 12.7 Å². The number of rotatable bonds is 7. The van der Waals surface area contributed by atoms with Crippen molar-refractivity contribution in [2.45, 2.75) is 39.2 Å². The van der Waals surface area contributed by atoms with E-state index in [2.05, 4.69) is 11.9 Å². The van der Waals surface area contributed by atoms with Gasteiger partial charge in [0.05, 0.1) is 0 Å². The predicted molar refractivity (Wildman–Crippen MR) is 58.5 cm³/mol. The van der Waals surface area contributed by atoms with Gasteiger partial charge in [-0.2, -0.15) is 0 Å². The Kier molecular flexibility index (Phi) is 6.42. The van der Waals surface area contributed by atoms with Crippen molar-refractivity contribution in [1.29, 1.82) is 0 Å². The minimum Gasteiger partial charge on any atom is -0.480 e. The molecular formula is C11H19NO3. The third-order valence-corrected chi connectivity index (χ3v) is 1.92. The summed E-state index contributed by atoms with van der Waals surface area (Å²) in [5, 5.41) is 11.4. The fraction of sp³-hybridized carbons (Fsp3) is 0.636. The molecule has 0 spiro atoms. The Hall–Kier alpha value is -1.32. The largest absolute Gasteiger partial charge is 0.480 e. The minimum absolute atomic E-state index is 0.233. The molecule has 0 rings (SSSR count). The Morgan fingerprint density at radius 3 is 2.47 bits per heavy atom. The molecule has 4 heteroatoms. The molecule has 0 bridgehead atoms. The van der Waals surface area contributed by atoms with Gasteiger partial charge in [-0.05, 0) is 18.8 Å². The van der Waals surface area contributed by atoms with E-state index >= 15 is 0 Å². The molecule has 0 fully saturated rings.